The van der Waals surface area contributed by atoms with Gasteiger partial charge in [0.15, 0.2) is 6.10 Å². The van der Waals surface area contributed by atoms with Gasteiger partial charge in [-0.2, -0.15) is 5.10 Å². The van der Waals surface area contributed by atoms with Crippen LogP contribution in [-0.4, -0.2) is 18.2 Å². The van der Waals surface area contributed by atoms with Crippen LogP contribution in [0.3, 0.4) is 0 Å². The van der Waals surface area contributed by atoms with Crippen molar-refractivity contribution in [2.75, 3.05) is 0 Å². The maximum atomic E-state index is 11.9. The maximum absolute atomic E-state index is 11.9. The van der Waals surface area contributed by atoms with Crippen molar-refractivity contribution >= 4 is 50.6 Å². The molecule has 1 atom stereocenters. The van der Waals surface area contributed by atoms with Gasteiger partial charge < -0.3 is 4.74 Å². The van der Waals surface area contributed by atoms with Crippen molar-refractivity contribution in [3.63, 3.8) is 0 Å². The number of carbonyl (C=O) groups is 1. The molecule has 2 rings (SSSR count). The number of carbonyl (C=O) groups excluding carboxylic acids is 1. The first-order valence-electron chi connectivity index (χ1n) is 6.55. The number of benzene rings is 2. The van der Waals surface area contributed by atoms with Gasteiger partial charge in [-0.25, -0.2) is 5.43 Å². The van der Waals surface area contributed by atoms with E-state index in [2.05, 4.69) is 49.0 Å². The molecule has 0 aliphatic rings. The SMILES string of the molecule is C[C@@H](Oc1ccc(Br)cc1)C(=O)N/N=C\c1cccc(I)c1. The van der Waals surface area contributed by atoms with Gasteiger partial charge >= 0.3 is 0 Å². The van der Waals surface area contributed by atoms with E-state index in [4.69, 9.17) is 4.74 Å². The van der Waals surface area contributed by atoms with E-state index in [0.717, 1.165) is 13.6 Å². The van der Waals surface area contributed by atoms with Crippen LogP contribution in [0.2, 0.25) is 0 Å². The number of nitrogens with zero attached hydrogens (tertiary/aromatic N) is 1. The minimum Gasteiger partial charge on any atom is -0.481 e. The quantitative estimate of drug-likeness (QED) is 0.406. The zero-order chi connectivity index (χ0) is 15.9. The molecule has 0 bridgehead atoms. The Kier molecular flexibility index (Phi) is 6.38. The van der Waals surface area contributed by atoms with E-state index in [-0.39, 0.29) is 5.91 Å². The first kappa shape index (κ1) is 17.0. The number of nitrogens with one attached hydrogen (secondary N) is 1. The molecule has 1 amide bonds. The van der Waals surface area contributed by atoms with Gasteiger partial charge in [-0.05, 0) is 71.5 Å². The van der Waals surface area contributed by atoms with Crippen LogP contribution in [0.5, 0.6) is 5.75 Å². The average Bonchev–Trinajstić information content (AvgIpc) is 2.49. The van der Waals surface area contributed by atoms with Crippen LogP contribution in [0.25, 0.3) is 0 Å². The van der Waals surface area contributed by atoms with Crippen molar-refractivity contribution in [1.29, 1.82) is 0 Å². The van der Waals surface area contributed by atoms with Crippen LogP contribution >= 0.6 is 38.5 Å². The van der Waals surface area contributed by atoms with Gasteiger partial charge in [0.2, 0.25) is 0 Å². The third-order valence-electron chi connectivity index (χ3n) is 2.73. The summed E-state index contributed by atoms with van der Waals surface area (Å²) < 4.78 is 7.61. The Bertz CT molecular complexity index is 674. The third-order valence-corrected chi connectivity index (χ3v) is 3.93. The Morgan fingerprint density at radius 2 is 2.05 bits per heavy atom. The molecule has 22 heavy (non-hydrogen) atoms. The van der Waals surface area contributed by atoms with E-state index in [1.54, 1.807) is 25.3 Å². The Morgan fingerprint density at radius 1 is 1.32 bits per heavy atom. The summed E-state index contributed by atoms with van der Waals surface area (Å²) in [6.45, 7) is 1.68. The predicted octanol–water partition coefficient (Wildman–Crippen LogP) is 3.97. The zero-order valence-corrected chi connectivity index (χ0v) is 15.5. The molecule has 0 heterocycles. The van der Waals surface area contributed by atoms with Crippen molar-refractivity contribution in [3.8, 4) is 5.75 Å². The summed E-state index contributed by atoms with van der Waals surface area (Å²) in [4.78, 5) is 11.9. The summed E-state index contributed by atoms with van der Waals surface area (Å²) in [7, 11) is 0. The van der Waals surface area contributed by atoms with Gasteiger partial charge in [0.25, 0.3) is 5.91 Å². The van der Waals surface area contributed by atoms with E-state index in [1.807, 2.05) is 36.4 Å². The normalized spacial score (nSPS) is 12.1. The molecule has 2 aromatic rings. The number of hydrogen-bond donors (Lipinski definition) is 1. The topological polar surface area (TPSA) is 50.7 Å². The van der Waals surface area contributed by atoms with E-state index in [0.29, 0.717) is 5.75 Å². The summed E-state index contributed by atoms with van der Waals surface area (Å²) in [5, 5.41) is 3.94. The van der Waals surface area contributed by atoms with E-state index in [1.165, 1.54) is 0 Å². The van der Waals surface area contributed by atoms with Gasteiger partial charge in [-0.15, -0.1) is 0 Å². The average molecular weight is 473 g/mol. The second-order valence-corrected chi connectivity index (χ2v) is 6.66. The fourth-order valence-electron chi connectivity index (χ4n) is 1.62. The number of rotatable bonds is 5. The Morgan fingerprint density at radius 3 is 2.73 bits per heavy atom. The van der Waals surface area contributed by atoms with Crippen LogP contribution in [0.4, 0.5) is 0 Å². The lowest BCUT2D eigenvalue weighted by molar-refractivity contribution is -0.127. The summed E-state index contributed by atoms with van der Waals surface area (Å²) in [5.41, 5.74) is 3.40. The van der Waals surface area contributed by atoms with Crippen LogP contribution in [0, 0.1) is 3.57 Å². The molecule has 0 saturated carbocycles. The first-order chi connectivity index (χ1) is 10.5. The van der Waals surface area contributed by atoms with Crippen molar-refractivity contribution in [2.24, 2.45) is 5.10 Å². The molecule has 6 heteroatoms. The fraction of sp³-hybridized carbons (Fsp3) is 0.125. The molecule has 1 N–H and O–H groups in total. The molecule has 4 nitrogen and oxygen atoms in total. The van der Waals surface area contributed by atoms with Crippen LogP contribution in [-0.2, 0) is 4.79 Å². The third kappa shape index (κ3) is 5.42. The minimum absolute atomic E-state index is 0.301. The second-order valence-electron chi connectivity index (χ2n) is 4.50. The van der Waals surface area contributed by atoms with Gasteiger partial charge in [0.1, 0.15) is 5.75 Å². The van der Waals surface area contributed by atoms with Gasteiger partial charge in [-0.3, -0.25) is 4.79 Å². The number of halogens is 2. The fourth-order valence-corrected chi connectivity index (χ4v) is 2.45. The number of ether oxygens (including phenoxy) is 1. The molecule has 0 unspecified atom stereocenters. The summed E-state index contributed by atoms with van der Waals surface area (Å²) in [6.07, 6.45) is 0.973. The second kappa shape index (κ2) is 8.28. The zero-order valence-electron chi connectivity index (χ0n) is 11.8. The molecule has 0 fully saturated rings. The maximum Gasteiger partial charge on any atom is 0.280 e. The Hall–Kier alpha value is -1.41. The van der Waals surface area contributed by atoms with Crippen LogP contribution < -0.4 is 10.2 Å². The molecule has 0 spiro atoms. The standard InChI is InChI=1S/C16H14BrIN2O2/c1-11(22-15-7-5-13(17)6-8-15)16(21)20-19-10-12-3-2-4-14(18)9-12/h2-11H,1H3,(H,20,21)/b19-10-/t11-/m1/s1. The molecular weight excluding hydrogens is 459 g/mol. The molecule has 0 aliphatic carbocycles. The molecular formula is C16H14BrIN2O2. The lowest BCUT2D eigenvalue weighted by atomic mass is 10.2. The molecule has 0 radical (unpaired) electrons. The largest absolute Gasteiger partial charge is 0.481 e. The van der Waals surface area contributed by atoms with Gasteiger partial charge in [0.05, 0.1) is 6.21 Å². The summed E-state index contributed by atoms with van der Waals surface area (Å²) in [5.74, 6) is 0.331. The van der Waals surface area contributed by atoms with Crippen molar-refractivity contribution < 1.29 is 9.53 Å². The Labute approximate surface area is 151 Å². The van der Waals surface area contributed by atoms with E-state index < -0.39 is 6.10 Å². The predicted molar refractivity (Wildman–Crippen MR) is 99.1 cm³/mol. The van der Waals surface area contributed by atoms with Crippen molar-refractivity contribution in [1.82, 2.24) is 5.43 Å². The molecule has 114 valence electrons. The highest BCUT2D eigenvalue weighted by Crippen LogP contribution is 2.17. The molecule has 0 saturated heterocycles. The number of amides is 1. The number of hydrogen-bond acceptors (Lipinski definition) is 3. The summed E-state index contributed by atoms with van der Waals surface area (Å²) >= 11 is 5.57. The van der Waals surface area contributed by atoms with Gasteiger partial charge in [0, 0.05) is 8.04 Å². The molecule has 0 aliphatic heterocycles. The molecule has 2 aromatic carbocycles. The monoisotopic (exact) mass is 472 g/mol. The van der Waals surface area contributed by atoms with Crippen LogP contribution in [0.1, 0.15) is 12.5 Å². The van der Waals surface area contributed by atoms with E-state index >= 15 is 0 Å². The lowest BCUT2D eigenvalue weighted by Crippen LogP contribution is -2.33. The smallest absolute Gasteiger partial charge is 0.280 e. The lowest BCUT2D eigenvalue weighted by Gasteiger charge is -2.12. The highest BCUT2D eigenvalue weighted by molar-refractivity contribution is 14.1. The van der Waals surface area contributed by atoms with Crippen LogP contribution in [0.15, 0.2) is 58.1 Å². The molecule has 0 aromatic heterocycles. The first-order valence-corrected chi connectivity index (χ1v) is 8.42. The van der Waals surface area contributed by atoms with Crippen molar-refractivity contribution in [2.45, 2.75) is 13.0 Å². The Balaban J connectivity index is 1.87. The summed E-state index contributed by atoms with van der Waals surface area (Å²) in [6, 6.07) is 15.1. The minimum atomic E-state index is -0.630. The van der Waals surface area contributed by atoms with Crippen molar-refractivity contribution in [3.05, 3.63) is 62.1 Å². The highest BCUT2D eigenvalue weighted by atomic mass is 127. The highest BCUT2D eigenvalue weighted by Gasteiger charge is 2.13. The van der Waals surface area contributed by atoms with Gasteiger partial charge in [-0.1, -0.05) is 28.1 Å². The van der Waals surface area contributed by atoms with E-state index in [9.17, 15) is 4.79 Å². The number of hydrazone groups is 1.